The van der Waals surface area contributed by atoms with Crippen LogP contribution in [0.15, 0.2) is 65.3 Å². The van der Waals surface area contributed by atoms with Gasteiger partial charge in [0.15, 0.2) is 11.6 Å². The van der Waals surface area contributed by atoms with Gasteiger partial charge >= 0.3 is 0 Å². The fourth-order valence-electron chi connectivity index (χ4n) is 5.61. The predicted molar refractivity (Wildman–Crippen MR) is 137 cm³/mol. The first-order valence-electron chi connectivity index (χ1n) is 12.5. The number of anilines is 1. The van der Waals surface area contributed by atoms with Gasteiger partial charge < -0.3 is 20.4 Å². The zero-order valence-corrected chi connectivity index (χ0v) is 20.7. The number of amides is 2. The van der Waals surface area contributed by atoms with Crippen LogP contribution in [0.25, 0.3) is 6.08 Å². The van der Waals surface area contributed by atoms with Crippen LogP contribution in [0.3, 0.4) is 0 Å². The van der Waals surface area contributed by atoms with Crippen LogP contribution in [0.4, 0.5) is 10.1 Å². The average molecular weight is 510 g/mol. The zero-order valence-electron chi connectivity index (χ0n) is 20.7. The molecule has 1 heterocycles. The number of aliphatic hydroxyl groups is 3. The third-order valence-electron chi connectivity index (χ3n) is 7.48. The summed E-state index contributed by atoms with van der Waals surface area (Å²) in [6.07, 6.45) is 2.26. The van der Waals surface area contributed by atoms with Crippen LogP contribution in [0.1, 0.15) is 38.2 Å². The number of benzene rings is 2. The van der Waals surface area contributed by atoms with Crippen molar-refractivity contribution in [3.63, 3.8) is 0 Å². The lowest BCUT2D eigenvalue weighted by Gasteiger charge is -2.36. The molecule has 0 radical (unpaired) electrons. The fourth-order valence-corrected chi connectivity index (χ4v) is 5.61. The van der Waals surface area contributed by atoms with Crippen molar-refractivity contribution in [1.82, 2.24) is 0 Å². The number of rotatable bonds is 9. The molecular formula is C29H32FNO6. The Morgan fingerprint density at radius 1 is 1.14 bits per heavy atom. The van der Waals surface area contributed by atoms with Crippen molar-refractivity contribution in [1.29, 1.82) is 0 Å². The summed E-state index contributed by atoms with van der Waals surface area (Å²) < 4.78 is 13.7. The molecule has 4 rings (SSSR count). The Balaban J connectivity index is 1.57. The highest BCUT2D eigenvalue weighted by Crippen LogP contribution is 2.47. The van der Waals surface area contributed by atoms with Crippen LogP contribution in [0.2, 0.25) is 0 Å². The van der Waals surface area contributed by atoms with E-state index in [1.807, 2.05) is 6.92 Å². The minimum Gasteiger partial charge on any atom is -0.505 e. The van der Waals surface area contributed by atoms with Crippen molar-refractivity contribution >= 4 is 23.6 Å². The lowest BCUT2D eigenvalue weighted by molar-refractivity contribution is -0.123. The van der Waals surface area contributed by atoms with Gasteiger partial charge in [-0.05, 0) is 66.7 Å². The number of aromatic hydroxyl groups is 1. The number of para-hydroxylation sites is 1. The molecule has 1 aliphatic carbocycles. The molecule has 0 saturated carbocycles. The van der Waals surface area contributed by atoms with Crippen molar-refractivity contribution in [3.8, 4) is 5.75 Å². The van der Waals surface area contributed by atoms with Crippen LogP contribution >= 0.6 is 0 Å². The highest BCUT2D eigenvalue weighted by molar-refractivity contribution is 6.22. The second-order valence-electron chi connectivity index (χ2n) is 9.61. The minimum atomic E-state index is -1.04. The van der Waals surface area contributed by atoms with Gasteiger partial charge in [0.25, 0.3) is 0 Å². The summed E-state index contributed by atoms with van der Waals surface area (Å²) >= 11 is 0. The summed E-state index contributed by atoms with van der Waals surface area (Å²) in [5, 5.41) is 41.1. The Kier molecular flexibility index (Phi) is 8.22. The van der Waals surface area contributed by atoms with Crippen LogP contribution in [0, 0.1) is 23.6 Å². The quantitative estimate of drug-likeness (QED) is 0.303. The number of aliphatic hydroxyl groups excluding tert-OH is 3. The van der Waals surface area contributed by atoms with Crippen molar-refractivity contribution in [2.45, 2.75) is 38.7 Å². The number of halogens is 1. The molecule has 2 aliphatic rings. The standard InChI is InChI=1S/C29H32FNO6/c1-2-17(12-18-9-10-24(34)23(30)13-18)8-11-25(35)26-19(15-32)14-21-27(22(26)16-33)29(37)31(28(21)36)20-6-4-3-5-7-20/h3-7,9-10,12-13,21-22,25,27,32-35H,2,8,11,14-16H2,1H3/b17-12+/t21-,22+,25-,27-/m1/s1. The van der Waals surface area contributed by atoms with E-state index in [2.05, 4.69) is 0 Å². The van der Waals surface area contributed by atoms with Gasteiger partial charge in [-0.3, -0.25) is 14.5 Å². The van der Waals surface area contributed by atoms with Crippen molar-refractivity contribution < 1.29 is 34.4 Å². The van der Waals surface area contributed by atoms with Gasteiger partial charge in [-0.25, -0.2) is 4.39 Å². The third-order valence-corrected chi connectivity index (χ3v) is 7.48. The molecular weight excluding hydrogens is 477 g/mol. The molecule has 1 aliphatic heterocycles. The van der Waals surface area contributed by atoms with E-state index >= 15 is 0 Å². The molecule has 0 aromatic heterocycles. The van der Waals surface area contributed by atoms with E-state index in [-0.39, 0.29) is 25.4 Å². The van der Waals surface area contributed by atoms with Crippen LogP contribution in [-0.2, 0) is 9.59 Å². The SMILES string of the molecule is CC/C(=C\c1ccc(O)c(F)c1)CC[C@@H](O)C1=C(CO)C[C@H]2C(=O)N(c3ccccc3)C(=O)[C@H]2[C@H]1CO. The number of hydrogen-bond acceptors (Lipinski definition) is 6. The van der Waals surface area contributed by atoms with Gasteiger partial charge in [0.05, 0.1) is 36.8 Å². The Morgan fingerprint density at radius 2 is 1.86 bits per heavy atom. The average Bonchev–Trinajstić information content (AvgIpc) is 3.16. The molecule has 2 amide bonds. The zero-order chi connectivity index (χ0) is 26.7. The van der Waals surface area contributed by atoms with Gasteiger partial charge in [0.1, 0.15) is 0 Å². The van der Waals surface area contributed by atoms with Crippen LogP contribution in [-0.4, -0.2) is 51.6 Å². The topological polar surface area (TPSA) is 118 Å². The van der Waals surface area contributed by atoms with E-state index in [1.54, 1.807) is 42.5 Å². The smallest absolute Gasteiger partial charge is 0.238 e. The Hall–Kier alpha value is -3.33. The summed E-state index contributed by atoms with van der Waals surface area (Å²) in [6.45, 7) is 1.11. The number of allylic oxidation sites excluding steroid dienone is 1. The number of phenols is 1. The molecule has 7 nitrogen and oxygen atoms in total. The van der Waals surface area contributed by atoms with E-state index in [4.69, 9.17) is 0 Å². The molecule has 196 valence electrons. The summed E-state index contributed by atoms with van der Waals surface area (Å²) in [5.41, 5.74) is 2.88. The minimum absolute atomic E-state index is 0.140. The van der Waals surface area contributed by atoms with E-state index in [0.717, 1.165) is 10.5 Å². The maximum atomic E-state index is 13.7. The van der Waals surface area contributed by atoms with E-state index in [9.17, 15) is 34.4 Å². The van der Waals surface area contributed by atoms with E-state index in [1.165, 1.54) is 12.1 Å². The number of carbonyl (C=O) groups excluding carboxylic acids is 2. The Morgan fingerprint density at radius 3 is 2.49 bits per heavy atom. The lowest BCUT2D eigenvalue weighted by atomic mass is 9.68. The van der Waals surface area contributed by atoms with Gasteiger partial charge in [0.2, 0.25) is 11.8 Å². The summed E-state index contributed by atoms with van der Waals surface area (Å²) in [5.74, 6) is -4.24. The highest BCUT2D eigenvalue weighted by atomic mass is 19.1. The number of nitrogens with zero attached hydrogens (tertiary/aromatic N) is 1. The molecule has 37 heavy (non-hydrogen) atoms. The normalized spacial score (nSPS) is 23.0. The molecule has 8 heteroatoms. The first-order chi connectivity index (χ1) is 17.8. The first-order valence-corrected chi connectivity index (χ1v) is 12.5. The van der Waals surface area contributed by atoms with Crippen molar-refractivity contribution in [2.75, 3.05) is 18.1 Å². The first kappa shape index (κ1) is 26.7. The van der Waals surface area contributed by atoms with Crippen molar-refractivity contribution in [2.24, 2.45) is 17.8 Å². The Bertz CT molecular complexity index is 1220. The maximum absolute atomic E-state index is 13.7. The predicted octanol–water partition coefficient (Wildman–Crippen LogP) is 3.57. The molecule has 4 N–H and O–H groups in total. The second-order valence-corrected chi connectivity index (χ2v) is 9.61. The van der Waals surface area contributed by atoms with Crippen LogP contribution in [0.5, 0.6) is 5.75 Å². The number of carbonyl (C=O) groups is 2. The molecule has 0 bridgehead atoms. The van der Waals surface area contributed by atoms with Crippen LogP contribution < -0.4 is 4.90 Å². The number of fused-ring (bicyclic) bond motifs is 1. The summed E-state index contributed by atoms with van der Waals surface area (Å²) in [6, 6.07) is 12.7. The summed E-state index contributed by atoms with van der Waals surface area (Å²) in [4.78, 5) is 27.8. The largest absolute Gasteiger partial charge is 0.505 e. The number of hydrogen-bond donors (Lipinski definition) is 4. The molecule has 2 aromatic carbocycles. The summed E-state index contributed by atoms with van der Waals surface area (Å²) in [7, 11) is 0. The molecule has 2 aromatic rings. The Labute approximate surface area is 215 Å². The highest BCUT2D eigenvalue weighted by Gasteiger charge is 2.55. The second kappa shape index (κ2) is 11.4. The van der Waals surface area contributed by atoms with Gasteiger partial charge in [-0.15, -0.1) is 0 Å². The number of imide groups is 1. The number of phenolic OH excluding ortho intramolecular Hbond substituents is 1. The van der Waals surface area contributed by atoms with E-state index < -0.39 is 47.9 Å². The van der Waals surface area contributed by atoms with Gasteiger partial charge in [-0.2, -0.15) is 0 Å². The van der Waals surface area contributed by atoms with Gasteiger partial charge in [0, 0.05) is 5.92 Å². The maximum Gasteiger partial charge on any atom is 0.238 e. The molecule has 1 saturated heterocycles. The third kappa shape index (κ3) is 5.23. The van der Waals surface area contributed by atoms with Gasteiger partial charge in [-0.1, -0.05) is 42.8 Å². The monoisotopic (exact) mass is 509 g/mol. The molecule has 1 fully saturated rings. The van der Waals surface area contributed by atoms with E-state index in [0.29, 0.717) is 35.2 Å². The lowest BCUT2D eigenvalue weighted by Crippen LogP contribution is -2.39. The molecule has 4 atom stereocenters. The molecule has 0 spiro atoms. The molecule has 0 unspecified atom stereocenters. The van der Waals surface area contributed by atoms with Crippen molar-refractivity contribution in [3.05, 3.63) is 76.6 Å². The fraction of sp³-hybridized carbons (Fsp3) is 0.379.